The van der Waals surface area contributed by atoms with E-state index in [2.05, 4.69) is 10.0 Å². The molecule has 2 N–H and O–H groups in total. The Labute approximate surface area is 151 Å². The van der Waals surface area contributed by atoms with E-state index in [1.165, 1.54) is 11.4 Å². The molecule has 1 fully saturated rings. The molecular formula is C17H20N2O4S2. The Hall–Kier alpha value is -1.74. The van der Waals surface area contributed by atoms with Crippen LogP contribution in [0.3, 0.4) is 0 Å². The second kappa shape index (κ2) is 7.65. The van der Waals surface area contributed by atoms with E-state index < -0.39 is 10.0 Å². The lowest BCUT2D eigenvalue weighted by atomic mass is 10.2. The smallest absolute Gasteiger partial charge is 0.265 e. The Morgan fingerprint density at radius 3 is 2.88 bits per heavy atom. The number of carbonyl (C=O) groups excluding carboxylic acids is 1. The Kier molecular flexibility index (Phi) is 5.53. The van der Waals surface area contributed by atoms with Crippen LogP contribution in [0.15, 0.2) is 40.6 Å². The summed E-state index contributed by atoms with van der Waals surface area (Å²) >= 11 is 1.11. The normalized spacial score (nSPS) is 17.6. The third-order valence-corrected chi connectivity index (χ3v) is 6.51. The molecule has 1 aliphatic heterocycles. The molecule has 0 bridgehead atoms. The monoisotopic (exact) mass is 380 g/mol. The van der Waals surface area contributed by atoms with E-state index in [4.69, 9.17) is 4.74 Å². The summed E-state index contributed by atoms with van der Waals surface area (Å²) in [5, 5.41) is 4.28. The predicted molar refractivity (Wildman–Crippen MR) is 97.6 cm³/mol. The van der Waals surface area contributed by atoms with Crippen LogP contribution < -0.4 is 10.0 Å². The van der Waals surface area contributed by atoms with Gasteiger partial charge in [0.1, 0.15) is 0 Å². The molecule has 0 unspecified atom stereocenters. The molecule has 3 rings (SSSR count). The summed E-state index contributed by atoms with van der Waals surface area (Å²) in [6.07, 6.45) is 1.74. The van der Waals surface area contributed by atoms with Gasteiger partial charge in [0.05, 0.1) is 15.9 Å². The fraction of sp³-hybridized carbons (Fsp3) is 0.353. The molecule has 1 atom stereocenters. The van der Waals surface area contributed by atoms with Gasteiger partial charge in [0, 0.05) is 24.2 Å². The zero-order valence-corrected chi connectivity index (χ0v) is 15.5. The topological polar surface area (TPSA) is 84.5 Å². The van der Waals surface area contributed by atoms with E-state index in [0.717, 1.165) is 29.7 Å². The van der Waals surface area contributed by atoms with Crippen LogP contribution in [0.2, 0.25) is 0 Å². The van der Waals surface area contributed by atoms with Gasteiger partial charge in [0.2, 0.25) is 10.0 Å². The molecule has 1 aromatic heterocycles. The Morgan fingerprint density at radius 1 is 1.36 bits per heavy atom. The van der Waals surface area contributed by atoms with E-state index in [0.29, 0.717) is 17.2 Å². The highest BCUT2D eigenvalue weighted by Gasteiger charge is 2.22. The van der Waals surface area contributed by atoms with Crippen molar-refractivity contribution in [1.29, 1.82) is 0 Å². The van der Waals surface area contributed by atoms with Crippen molar-refractivity contribution in [1.82, 2.24) is 4.72 Å². The van der Waals surface area contributed by atoms with E-state index in [1.807, 2.05) is 31.2 Å². The zero-order valence-electron chi connectivity index (χ0n) is 13.8. The fourth-order valence-electron chi connectivity index (χ4n) is 2.57. The maximum Gasteiger partial charge on any atom is 0.265 e. The van der Waals surface area contributed by atoms with E-state index in [-0.39, 0.29) is 23.5 Å². The lowest BCUT2D eigenvalue weighted by Gasteiger charge is -2.10. The van der Waals surface area contributed by atoms with Crippen LogP contribution in [0, 0.1) is 6.92 Å². The summed E-state index contributed by atoms with van der Waals surface area (Å²) < 4.78 is 32.7. The molecule has 2 aromatic rings. The largest absolute Gasteiger partial charge is 0.377 e. The van der Waals surface area contributed by atoms with Crippen LogP contribution in [-0.2, 0) is 14.8 Å². The SMILES string of the molecule is Cc1ccccc1NC(=O)c1cc(S(=O)(=O)NC[C@H]2CCCO2)cs1. The van der Waals surface area contributed by atoms with Gasteiger partial charge >= 0.3 is 0 Å². The summed E-state index contributed by atoms with van der Waals surface area (Å²) in [6, 6.07) is 8.83. The Morgan fingerprint density at radius 2 is 2.16 bits per heavy atom. The quantitative estimate of drug-likeness (QED) is 0.807. The molecule has 1 aliphatic rings. The number of hydrogen-bond donors (Lipinski definition) is 2. The molecule has 134 valence electrons. The molecule has 0 saturated carbocycles. The van der Waals surface area contributed by atoms with Crippen molar-refractivity contribution >= 4 is 33.0 Å². The molecule has 1 aromatic carbocycles. The van der Waals surface area contributed by atoms with Gasteiger partial charge in [-0.25, -0.2) is 13.1 Å². The summed E-state index contributed by atoms with van der Waals surface area (Å²) in [7, 11) is -3.64. The highest BCUT2D eigenvalue weighted by Crippen LogP contribution is 2.22. The summed E-state index contributed by atoms with van der Waals surface area (Å²) in [4.78, 5) is 12.8. The average molecular weight is 380 g/mol. The minimum atomic E-state index is -3.64. The fourth-order valence-corrected chi connectivity index (χ4v) is 4.80. The van der Waals surface area contributed by atoms with E-state index in [1.54, 1.807) is 0 Å². The van der Waals surface area contributed by atoms with Crippen molar-refractivity contribution in [2.45, 2.75) is 30.8 Å². The average Bonchev–Trinajstić information content (AvgIpc) is 3.27. The second-order valence-electron chi connectivity index (χ2n) is 5.90. The Balaban J connectivity index is 1.66. The van der Waals surface area contributed by atoms with E-state index >= 15 is 0 Å². The van der Waals surface area contributed by atoms with E-state index in [9.17, 15) is 13.2 Å². The van der Waals surface area contributed by atoms with Gasteiger partial charge in [0.25, 0.3) is 5.91 Å². The number of nitrogens with one attached hydrogen (secondary N) is 2. The van der Waals surface area contributed by atoms with Crippen molar-refractivity contribution in [2.75, 3.05) is 18.5 Å². The molecule has 8 heteroatoms. The third-order valence-electron chi connectivity index (χ3n) is 4.03. The van der Waals surface area contributed by atoms with Crippen LogP contribution >= 0.6 is 11.3 Å². The van der Waals surface area contributed by atoms with Crippen LogP contribution in [-0.4, -0.2) is 33.6 Å². The number of aryl methyl sites for hydroxylation is 1. The molecule has 1 saturated heterocycles. The van der Waals surface area contributed by atoms with Gasteiger partial charge in [-0.2, -0.15) is 0 Å². The molecule has 0 spiro atoms. The molecular weight excluding hydrogens is 360 g/mol. The summed E-state index contributed by atoms with van der Waals surface area (Å²) in [6.45, 7) is 2.83. The first kappa shape index (κ1) is 18.1. The minimum Gasteiger partial charge on any atom is -0.377 e. The number of anilines is 1. The third kappa shape index (κ3) is 4.46. The summed E-state index contributed by atoms with van der Waals surface area (Å²) in [5.41, 5.74) is 1.65. The molecule has 0 radical (unpaired) electrons. The Bertz CT molecular complexity index is 855. The molecule has 25 heavy (non-hydrogen) atoms. The number of rotatable bonds is 6. The number of benzene rings is 1. The van der Waals surface area contributed by atoms with Crippen LogP contribution in [0.1, 0.15) is 28.1 Å². The van der Waals surface area contributed by atoms with Gasteiger partial charge in [-0.1, -0.05) is 18.2 Å². The van der Waals surface area contributed by atoms with Crippen LogP contribution in [0.5, 0.6) is 0 Å². The van der Waals surface area contributed by atoms with Crippen LogP contribution in [0.25, 0.3) is 0 Å². The lowest BCUT2D eigenvalue weighted by molar-refractivity contribution is 0.103. The van der Waals surface area contributed by atoms with Gasteiger partial charge in [-0.15, -0.1) is 11.3 Å². The van der Waals surface area contributed by atoms with Gasteiger partial charge < -0.3 is 10.1 Å². The highest BCUT2D eigenvalue weighted by atomic mass is 32.2. The van der Waals surface area contributed by atoms with Crippen molar-refractivity contribution in [3.8, 4) is 0 Å². The lowest BCUT2D eigenvalue weighted by Crippen LogP contribution is -2.31. The highest BCUT2D eigenvalue weighted by molar-refractivity contribution is 7.89. The zero-order chi connectivity index (χ0) is 17.9. The number of para-hydroxylation sites is 1. The molecule has 0 aliphatic carbocycles. The number of sulfonamides is 1. The molecule has 2 heterocycles. The van der Waals surface area contributed by atoms with Crippen molar-refractivity contribution in [3.63, 3.8) is 0 Å². The van der Waals surface area contributed by atoms with Gasteiger partial charge in [-0.3, -0.25) is 4.79 Å². The number of thiophene rings is 1. The first-order valence-corrected chi connectivity index (χ1v) is 10.4. The molecule has 1 amide bonds. The first-order chi connectivity index (χ1) is 12.0. The molecule has 6 nitrogen and oxygen atoms in total. The maximum absolute atomic E-state index is 12.3. The standard InChI is InChI=1S/C17H20N2O4S2/c1-12-5-2-3-7-15(12)19-17(20)16-9-14(11-24-16)25(21,22)18-10-13-6-4-8-23-13/h2-3,5,7,9,11,13,18H,4,6,8,10H2,1H3,(H,19,20)/t13-/m1/s1. The van der Waals surface area contributed by atoms with Crippen molar-refractivity contribution < 1.29 is 17.9 Å². The maximum atomic E-state index is 12.3. The summed E-state index contributed by atoms with van der Waals surface area (Å²) in [5.74, 6) is -0.320. The van der Waals surface area contributed by atoms with Gasteiger partial charge in [-0.05, 0) is 37.5 Å². The van der Waals surface area contributed by atoms with Crippen molar-refractivity contribution in [2.24, 2.45) is 0 Å². The first-order valence-electron chi connectivity index (χ1n) is 8.02. The number of hydrogen-bond acceptors (Lipinski definition) is 5. The van der Waals surface area contributed by atoms with Gasteiger partial charge in [0.15, 0.2) is 0 Å². The second-order valence-corrected chi connectivity index (χ2v) is 8.58. The van der Waals surface area contributed by atoms with Crippen molar-refractivity contribution in [3.05, 3.63) is 46.2 Å². The minimum absolute atomic E-state index is 0.0720. The predicted octanol–water partition coefficient (Wildman–Crippen LogP) is 2.77. The number of ether oxygens (including phenoxy) is 1. The number of carbonyl (C=O) groups is 1. The van der Waals surface area contributed by atoms with Crippen LogP contribution in [0.4, 0.5) is 5.69 Å². The number of amides is 1.